The number of nitriles is 2. The van der Waals surface area contributed by atoms with Gasteiger partial charge in [-0.05, 0) is 18.2 Å². The number of anilines is 2. The lowest BCUT2D eigenvalue weighted by Gasteiger charge is -2.20. The Kier molecular flexibility index (Phi) is 3.91. The maximum atomic E-state index is 11.3. The summed E-state index contributed by atoms with van der Waals surface area (Å²) in [5.41, 5.74) is 11.8. The zero-order valence-corrected chi connectivity index (χ0v) is 9.05. The summed E-state index contributed by atoms with van der Waals surface area (Å²) in [5.74, 6) is -0.645. The van der Waals surface area contributed by atoms with Crippen molar-refractivity contribution in [2.45, 2.75) is 0 Å². The Bertz CT molecular complexity index is 496. The van der Waals surface area contributed by atoms with E-state index in [0.717, 1.165) is 0 Å². The van der Waals surface area contributed by atoms with Crippen molar-refractivity contribution in [1.82, 2.24) is 0 Å². The third-order valence-corrected chi connectivity index (χ3v) is 2.15. The van der Waals surface area contributed by atoms with E-state index in [-0.39, 0.29) is 18.7 Å². The van der Waals surface area contributed by atoms with Gasteiger partial charge in [-0.15, -0.1) is 0 Å². The minimum absolute atomic E-state index is 0.00222. The molecule has 1 aromatic carbocycles. The Hall–Kier alpha value is -2.73. The summed E-state index contributed by atoms with van der Waals surface area (Å²) < 4.78 is 0. The van der Waals surface area contributed by atoms with Crippen LogP contribution >= 0.6 is 0 Å². The molecular formula is C11H11N5O. The summed E-state index contributed by atoms with van der Waals surface area (Å²) in [6, 6.07) is 8.44. The van der Waals surface area contributed by atoms with Gasteiger partial charge in [-0.3, -0.25) is 4.79 Å². The Balaban J connectivity index is 3.23. The number of amides is 1. The van der Waals surface area contributed by atoms with Gasteiger partial charge in [-0.2, -0.15) is 10.5 Å². The van der Waals surface area contributed by atoms with Gasteiger partial charge >= 0.3 is 0 Å². The minimum Gasteiger partial charge on any atom is -0.399 e. The van der Waals surface area contributed by atoms with Crippen LogP contribution in [0.1, 0.15) is 10.4 Å². The first-order valence-electron chi connectivity index (χ1n) is 4.78. The highest BCUT2D eigenvalue weighted by Crippen LogP contribution is 2.22. The summed E-state index contributed by atoms with van der Waals surface area (Å²) in [7, 11) is 0. The van der Waals surface area contributed by atoms with E-state index in [9.17, 15) is 4.79 Å². The molecular weight excluding hydrogens is 218 g/mol. The first kappa shape index (κ1) is 12.3. The topological polar surface area (TPSA) is 120 Å². The number of primary amides is 1. The van der Waals surface area contributed by atoms with Crippen molar-refractivity contribution >= 4 is 17.3 Å². The van der Waals surface area contributed by atoms with E-state index < -0.39 is 5.91 Å². The fourth-order valence-corrected chi connectivity index (χ4v) is 1.42. The molecule has 1 aromatic rings. The molecule has 0 unspecified atom stereocenters. The molecule has 1 amide bonds. The summed E-state index contributed by atoms with van der Waals surface area (Å²) in [6.07, 6.45) is 0. The summed E-state index contributed by atoms with van der Waals surface area (Å²) in [6.45, 7) is -0.00445. The second-order valence-electron chi connectivity index (χ2n) is 3.31. The van der Waals surface area contributed by atoms with E-state index in [1.165, 1.54) is 11.0 Å². The molecule has 0 aliphatic carbocycles. The monoisotopic (exact) mass is 229 g/mol. The standard InChI is InChI=1S/C11H11N5O/c12-3-5-16(6-4-13)10-2-1-8(14)7-9(10)11(15)17/h1-2,7H,5-6,14H2,(H2,15,17). The van der Waals surface area contributed by atoms with E-state index in [1.54, 1.807) is 12.1 Å². The van der Waals surface area contributed by atoms with Crippen LogP contribution in [0.5, 0.6) is 0 Å². The fourth-order valence-electron chi connectivity index (χ4n) is 1.42. The Labute approximate surface area is 98.6 Å². The number of nitrogens with two attached hydrogens (primary N) is 2. The van der Waals surface area contributed by atoms with Crippen LogP contribution < -0.4 is 16.4 Å². The van der Waals surface area contributed by atoms with Crippen molar-refractivity contribution in [3.63, 3.8) is 0 Å². The predicted molar refractivity (Wildman–Crippen MR) is 62.8 cm³/mol. The number of hydrogen-bond donors (Lipinski definition) is 2. The van der Waals surface area contributed by atoms with Crippen molar-refractivity contribution in [1.29, 1.82) is 10.5 Å². The van der Waals surface area contributed by atoms with Crippen LogP contribution in [-0.2, 0) is 0 Å². The molecule has 0 saturated heterocycles. The number of hydrogen-bond acceptors (Lipinski definition) is 5. The molecule has 0 radical (unpaired) electrons. The van der Waals surface area contributed by atoms with Crippen LogP contribution in [0.3, 0.4) is 0 Å². The lowest BCUT2D eigenvalue weighted by atomic mass is 10.1. The third-order valence-electron chi connectivity index (χ3n) is 2.15. The van der Waals surface area contributed by atoms with Gasteiger partial charge in [0.1, 0.15) is 13.1 Å². The van der Waals surface area contributed by atoms with Crippen LogP contribution in [0, 0.1) is 22.7 Å². The number of rotatable bonds is 4. The average molecular weight is 229 g/mol. The van der Waals surface area contributed by atoms with Gasteiger partial charge in [-0.25, -0.2) is 0 Å². The SMILES string of the molecule is N#CCN(CC#N)c1ccc(N)cc1C(N)=O. The van der Waals surface area contributed by atoms with Crippen LogP contribution in [0.25, 0.3) is 0 Å². The van der Waals surface area contributed by atoms with Crippen molar-refractivity contribution in [3.05, 3.63) is 23.8 Å². The molecule has 4 N–H and O–H groups in total. The van der Waals surface area contributed by atoms with E-state index >= 15 is 0 Å². The number of nitrogens with zero attached hydrogens (tertiary/aromatic N) is 3. The highest BCUT2D eigenvalue weighted by atomic mass is 16.1. The zero-order valence-electron chi connectivity index (χ0n) is 9.05. The van der Waals surface area contributed by atoms with Crippen LogP contribution in [0.2, 0.25) is 0 Å². The van der Waals surface area contributed by atoms with Crippen LogP contribution in [0.15, 0.2) is 18.2 Å². The Morgan fingerprint density at radius 3 is 2.35 bits per heavy atom. The molecule has 17 heavy (non-hydrogen) atoms. The van der Waals surface area contributed by atoms with Crippen molar-refractivity contribution in [2.24, 2.45) is 5.73 Å². The number of benzene rings is 1. The second-order valence-corrected chi connectivity index (χ2v) is 3.31. The van der Waals surface area contributed by atoms with Gasteiger partial charge in [0, 0.05) is 5.69 Å². The quantitative estimate of drug-likeness (QED) is 0.565. The van der Waals surface area contributed by atoms with Gasteiger partial charge < -0.3 is 16.4 Å². The maximum Gasteiger partial charge on any atom is 0.250 e. The highest BCUT2D eigenvalue weighted by molar-refractivity contribution is 5.99. The maximum absolute atomic E-state index is 11.3. The minimum atomic E-state index is -0.645. The molecule has 0 atom stereocenters. The molecule has 0 fully saturated rings. The predicted octanol–water partition coefficient (Wildman–Crippen LogP) is 0.221. The summed E-state index contributed by atoms with van der Waals surface area (Å²) in [4.78, 5) is 12.7. The molecule has 86 valence electrons. The van der Waals surface area contributed by atoms with E-state index in [1.807, 2.05) is 12.1 Å². The van der Waals surface area contributed by atoms with Crippen LogP contribution in [0.4, 0.5) is 11.4 Å². The van der Waals surface area contributed by atoms with E-state index in [4.69, 9.17) is 22.0 Å². The second kappa shape index (κ2) is 5.38. The van der Waals surface area contributed by atoms with Gasteiger partial charge in [0.15, 0.2) is 0 Å². The third kappa shape index (κ3) is 2.86. The van der Waals surface area contributed by atoms with Crippen molar-refractivity contribution in [3.8, 4) is 12.1 Å². The normalized spacial score (nSPS) is 9.06. The Morgan fingerprint density at radius 2 is 1.88 bits per heavy atom. The summed E-state index contributed by atoms with van der Waals surface area (Å²) in [5, 5.41) is 17.3. The lowest BCUT2D eigenvalue weighted by molar-refractivity contribution is 0.100. The molecule has 0 spiro atoms. The molecule has 0 aromatic heterocycles. The first-order valence-corrected chi connectivity index (χ1v) is 4.78. The molecule has 0 aliphatic heterocycles. The van der Waals surface area contributed by atoms with Crippen molar-refractivity contribution in [2.75, 3.05) is 23.7 Å². The molecule has 0 bridgehead atoms. The molecule has 0 saturated carbocycles. The zero-order chi connectivity index (χ0) is 12.8. The Morgan fingerprint density at radius 1 is 1.29 bits per heavy atom. The smallest absolute Gasteiger partial charge is 0.250 e. The van der Waals surface area contributed by atoms with E-state index in [2.05, 4.69) is 0 Å². The summed E-state index contributed by atoms with van der Waals surface area (Å²) >= 11 is 0. The van der Waals surface area contributed by atoms with E-state index in [0.29, 0.717) is 11.4 Å². The van der Waals surface area contributed by atoms with Gasteiger partial charge in [-0.1, -0.05) is 0 Å². The largest absolute Gasteiger partial charge is 0.399 e. The number of nitrogen functional groups attached to an aromatic ring is 1. The van der Waals surface area contributed by atoms with Gasteiger partial charge in [0.2, 0.25) is 0 Å². The van der Waals surface area contributed by atoms with Crippen molar-refractivity contribution < 1.29 is 4.79 Å². The molecule has 0 aliphatic rings. The number of carbonyl (C=O) groups is 1. The van der Waals surface area contributed by atoms with Gasteiger partial charge in [0.25, 0.3) is 5.91 Å². The first-order chi connectivity index (χ1) is 8.10. The molecule has 6 nitrogen and oxygen atoms in total. The van der Waals surface area contributed by atoms with Gasteiger partial charge in [0.05, 0.1) is 23.4 Å². The molecule has 0 heterocycles. The highest BCUT2D eigenvalue weighted by Gasteiger charge is 2.14. The number of carbonyl (C=O) groups excluding carboxylic acids is 1. The lowest BCUT2D eigenvalue weighted by Crippen LogP contribution is -2.27. The molecule has 1 rings (SSSR count). The fraction of sp³-hybridized carbons (Fsp3) is 0.182. The van der Waals surface area contributed by atoms with Crippen LogP contribution in [-0.4, -0.2) is 19.0 Å². The molecule has 6 heteroatoms. The average Bonchev–Trinajstić information content (AvgIpc) is 2.28.